The van der Waals surface area contributed by atoms with E-state index >= 15 is 0 Å². The van der Waals surface area contributed by atoms with Crippen LogP contribution in [0.25, 0.3) is 0 Å². The van der Waals surface area contributed by atoms with Crippen LogP contribution in [-0.2, 0) is 11.9 Å². The van der Waals surface area contributed by atoms with E-state index in [0.717, 1.165) is 4.80 Å². The first kappa shape index (κ1) is 18.8. The zero-order valence-electron chi connectivity index (χ0n) is 13.2. The second kappa shape index (κ2) is 6.88. The average molecular weight is 340 g/mol. The van der Waals surface area contributed by atoms with Crippen molar-refractivity contribution in [2.75, 3.05) is 0 Å². The first-order valence-electron chi connectivity index (χ1n) is 6.78. The molecule has 1 unspecified atom stereocenters. The van der Waals surface area contributed by atoms with E-state index in [1.807, 2.05) is 0 Å². The summed E-state index contributed by atoms with van der Waals surface area (Å²) in [6.07, 6.45) is 1.29. The second-order valence-electron chi connectivity index (χ2n) is 5.49. The van der Waals surface area contributed by atoms with Gasteiger partial charge in [-0.3, -0.25) is 9.11 Å². The number of aromatic nitrogens is 3. The molecule has 2 N–H and O–H groups in total. The van der Waals surface area contributed by atoms with Gasteiger partial charge in [0.05, 0.1) is 6.42 Å². The molecule has 2 rings (SSSR count). The smallest absolute Gasteiger partial charge is 0.260 e. The summed E-state index contributed by atoms with van der Waals surface area (Å²) < 4.78 is 47.3. The summed E-state index contributed by atoms with van der Waals surface area (Å²) >= 11 is 0. The van der Waals surface area contributed by atoms with E-state index in [4.69, 9.17) is 4.84 Å². The molecule has 1 aromatic rings. The highest BCUT2D eigenvalue weighted by Crippen LogP contribution is 2.58. The summed E-state index contributed by atoms with van der Waals surface area (Å²) in [6.45, 7) is 7.57. The van der Waals surface area contributed by atoms with E-state index in [0.29, 0.717) is 0 Å². The fourth-order valence-corrected chi connectivity index (χ4v) is 2.98. The van der Waals surface area contributed by atoms with Crippen LogP contribution in [0.2, 0.25) is 0 Å². The number of halogens is 2. The van der Waals surface area contributed by atoms with Crippen molar-refractivity contribution >= 4 is 15.6 Å². The SMILES string of the molecule is CCC.Cn1nc(F)c(C(F)S(O)(O)C2=NOC(C)(C)C2)n1. The number of rotatable bonds is 2. The largest absolute Gasteiger partial charge is 0.388 e. The Morgan fingerprint density at radius 3 is 2.27 bits per heavy atom. The van der Waals surface area contributed by atoms with Crippen LogP contribution in [0, 0.1) is 5.95 Å². The van der Waals surface area contributed by atoms with Crippen molar-refractivity contribution in [3.8, 4) is 0 Å². The molecule has 0 saturated heterocycles. The first-order valence-corrected chi connectivity index (χ1v) is 8.39. The Morgan fingerprint density at radius 2 is 1.91 bits per heavy atom. The Labute approximate surface area is 129 Å². The van der Waals surface area contributed by atoms with Gasteiger partial charge < -0.3 is 4.84 Å². The number of aryl methyl sites for hydroxylation is 1. The lowest BCUT2D eigenvalue weighted by molar-refractivity contribution is 0.0123. The number of oxime groups is 1. The fourth-order valence-electron chi connectivity index (χ4n) is 1.58. The van der Waals surface area contributed by atoms with Crippen molar-refractivity contribution in [1.29, 1.82) is 0 Å². The van der Waals surface area contributed by atoms with E-state index in [2.05, 4.69) is 29.2 Å². The lowest BCUT2D eigenvalue weighted by Crippen LogP contribution is -2.23. The molecule has 0 aliphatic carbocycles. The number of hydrogen-bond donors (Lipinski definition) is 2. The van der Waals surface area contributed by atoms with Crippen LogP contribution in [0.3, 0.4) is 0 Å². The van der Waals surface area contributed by atoms with E-state index in [1.165, 1.54) is 13.5 Å². The molecule has 22 heavy (non-hydrogen) atoms. The zero-order chi connectivity index (χ0) is 17.1. The molecule has 7 nitrogen and oxygen atoms in total. The van der Waals surface area contributed by atoms with Crippen LogP contribution in [0.15, 0.2) is 5.16 Å². The third-order valence-corrected chi connectivity index (χ3v) is 4.23. The molecule has 0 spiro atoms. The van der Waals surface area contributed by atoms with Gasteiger partial charge in [-0.15, -0.1) is 15.7 Å². The lowest BCUT2D eigenvalue weighted by Gasteiger charge is -2.33. The van der Waals surface area contributed by atoms with Crippen molar-refractivity contribution in [2.24, 2.45) is 12.2 Å². The minimum Gasteiger partial charge on any atom is -0.388 e. The fraction of sp³-hybridized carbons (Fsp3) is 0.750. The molecule has 0 bridgehead atoms. The van der Waals surface area contributed by atoms with Crippen LogP contribution in [0.4, 0.5) is 8.78 Å². The molecule has 0 aromatic carbocycles. The van der Waals surface area contributed by atoms with Crippen LogP contribution >= 0.6 is 10.6 Å². The van der Waals surface area contributed by atoms with Gasteiger partial charge in [0.2, 0.25) is 5.50 Å². The van der Waals surface area contributed by atoms with Gasteiger partial charge in [-0.05, 0) is 13.8 Å². The lowest BCUT2D eigenvalue weighted by atomic mass is 10.1. The standard InChI is InChI=1S/C9H14F2N4O3S.C3H8/c1-9(2)4-5(14-18-9)19(16,17)8(11)6-7(10)13-15(3)12-6;1-3-2/h8,16-17H,4H2,1-3H3;3H2,1-2H3. The molecule has 0 saturated carbocycles. The molecule has 1 atom stereocenters. The Kier molecular flexibility index (Phi) is 5.88. The maximum atomic E-state index is 14.1. The highest BCUT2D eigenvalue weighted by molar-refractivity contribution is 8.36. The summed E-state index contributed by atoms with van der Waals surface area (Å²) in [5.41, 5.74) is -3.94. The summed E-state index contributed by atoms with van der Waals surface area (Å²) in [4.78, 5) is 5.76. The van der Waals surface area contributed by atoms with Crippen molar-refractivity contribution in [3.63, 3.8) is 0 Å². The van der Waals surface area contributed by atoms with Crippen LogP contribution in [-0.4, -0.2) is 34.7 Å². The molecule has 1 aliphatic heterocycles. The second-order valence-corrected chi connectivity index (χ2v) is 7.57. The third-order valence-electron chi connectivity index (χ3n) is 2.52. The topological polar surface area (TPSA) is 92.8 Å². The molecule has 0 amide bonds. The molecule has 10 heteroatoms. The molecule has 2 heterocycles. The number of nitrogens with zero attached hydrogens (tertiary/aromatic N) is 4. The van der Waals surface area contributed by atoms with Gasteiger partial charge >= 0.3 is 0 Å². The number of hydrogen-bond acceptors (Lipinski definition) is 6. The maximum absolute atomic E-state index is 14.1. The van der Waals surface area contributed by atoms with Gasteiger partial charge in [-0.25, -0.2) is 4.39 Å². The molecule has 1 aromatic heterocycles. The zero-order valence-corrected chi connectivity index (χ0v) is 14.1. The predicted molar refractivity (Wildman–Crippen MR) is 80.8 cm³/mol. The van der Waals surface area contributed by atoms with Crippen LogP contribution in [0.1, 0.15) is 51.7 Å². The number of alkyl halides is 1. The van der Waals surface area contributed by atoms with Gasteiger partial charge in [-0.2, -0.15) is 14.3 Å². The molecule has 1 aliphatic rings. The van der Waals surface area contributed by atoms with Gasteiger partial charge in [0, 0.05) is 7.05 Å². The minimum atomic E-state index is -3.97. The predicted octanol–water partition coefficient (Wildman–Crippen LogP) is 3.60. The first-order chi connectivity index (χ1) is 10.0. The van der Waals surface area contributed by atoms with E-state index in [-0.39, 0.29) is 11.5 Å². The van der Waals surface area contributed by atoms with Gasteiger partial charge in [-0.1, -0.05) is 25.4 Å². The molecule has 0 radical (unpaired) electrons. The minimum absolute atomic E-state index is 0.0393. The van der Waals surface area contributed by atoms with E-state index < -0.39 is 33.3 Å². The van der Waals surface area contributed by atoms with Crippen LogP contribution < -0.4 is 0 Å². The molecular weight excluding hydrogens is 318 g/mol. The van der Waals surface area contributed by atoms with Crippen molar-refractivity contribution < 1.29 is 22.7 Å². The van der Waals surface area contributed by atoms with Gasteiger partial charge in [0.15, 0.2) is 10.7 Å². The van der Waals surface area contributed by atoms with Crippen molar-refractivity contribution in [1.82, 2.24) is 15.0 Å². The summed E-state index contributed by atoms with van der Waals surface area (Å²) in [5.74, 6) is -1.19. The Bertz CT molecular complexity index is 548. The average Bonchev–Trinajstić information content (AvgIpc) is 2.92. The normalized spacial score (nSPS) is 18.9. The summed E-state index contributed by atoms with van der Waals surface area (Å²) in [5, 5.41) is 9.90. The Balaban J connectivity index is 0.000000745. The third kappa shape index (κ3) is 4.14. The summed E-state index contributed by atoms with van der Waals surface area (Å²) in [6, 6.07) is 0. The highest BCUT2D eigenvalue weighted by atomic mass is 32.3. The molecule has 128 valence electrons. The van der Waals surface area contributed by atoms with E-state index in [9.17, 15) is 17.9 Å². The Hall–Kier alpha value is -1.26. The van der Waals surface area contributed by atoms with Gasteiger partial charge in [0.1, 0.15) is 5.60 Å². The molecule has 0 fully saturated rings. The van der Waals surface area contributed by atoms with Crippen molar-refractivity contribution in [2.45, 2.75) is 51.6 Å². The summed E-state index contributed by atoms with van der Waals surface area (Å²) in [7, 11) is -2.67. The monoisotopic (exact) mass is 340 g/mol. The quantitative estimate of drug-likeness (QED) is 0.858. The van der Waals surface area contributed by atoms with Crippen LogP contribution in [0.5, 0.6) is 0 Å². The Morgan fingerprint density at radius 1 is 1.36 bits per heavy atom. The highest BCUT2D eigenvalue weighted by Gasteiger charge is 2.43. The molecular formula is C12H22F2N4O3S. The maximum Gasteiger partial charge on any atom is 0.260 e. The van der Waals surface area contributed by atoms with Crippen molar-refractivity contribution in [3.05, 3.63) is 11.6 Å². The van der Waals surface area contributed by atoms with Gasteiger partial charge in [0.25, 0.3) is 5.95 Å². The van der Waals surface area contributed by atoms with E-state index in [1.54, 1.807) is 13.8 Å².